The van der Waals surface area contributed by atoms with Crippen LogP contribution >= 0.6 is 0 Å². The molecule has 0 radical (unpaired) electrons. The van der Waals surface area contributed by atoms with Gasteiger partial charge in [-0.25, -0.2) is 4.98 Å². The van der Waals surface area contributed by atoms with Crippen LogP contribution in [0.5, 0.6) is 11.6 Å². The lowest BCUT2D eigenvalue weighted by Gasteiger charge is -2.22. The Labute approximate surface area is 154 Å². The number of pyridine rings is 1. The molecule has 0 spiro atoms. The molecule has 1 saturated heterocycles. The number of nitrogens with zero attached hydrogens (tertiary/aromatic N) is 3. The average Bonchev–Trinajstić information content (AvgIpc) is 2.67. The van der Waals surface area contributed by atoms with Crippen molar-refractivity contribution in [3.63, 3.8) is 0 Å². The Kier molecular flexibility index (Phi) is 6.77. The van der Waals surface area contributed by atoms with Crippen LogP contribution in [0.25, 0.3) is 0 Å². The van der Waals surface area contributed by atoms with Gasteiger partial charge in [0.25, 0.3) is 0 Å². The van der Waals surface area contributed by atoms with Crippen molar-refractivity contribution < 1.29 is 14.6 Å². The predicted molar refractivity (Wildman–Crippen MR) is 98.4 cm³/mol. The summed E-state index contributed by atoms with van der Waals surface area (Å²) in [4.78, 5) is 13.4. The maximum Gasteiger partial charge on any atom is 0.217 e. The Morgan fingerprint density at radius 2 is 1.85 bits per heavy atom. The number of ether oxygens (including phenoxy) is 2. The molecule has 2 aromatic heterocycles. The summed E-state index contributed by atoms with van der Waals surface area (Å²) >= 11 is 0. The van der Waals surface area contributed by atoms with Crippen molar-refractivity contribution in [1.82, 2.24) is 15.0 Å². The minimum atomic E-state index is 0.119. The first kappa shape index (κ1) is 18.6. The molecule has 1 unspecified atom stereocenters. The minimum absolute atomic E-state index is 0.119. The van der Waals surface area contributed by atoms with Gasteiger partial charge in [-0.3, -0.25) is 9.97 Å². The van der Waals surface area contributed by atoms with Crippen LogP contribution in [0.2, 0.25) is 0 Å². The summed E-state index contributed by atoms with van der Waals surface area (Å²) in [6.07, 6.45) is 10.5. The van der Waals surface area contributed by atoms with Gasteiger partial charge in [-0.05, 0) is 38.5 Å². The Morgan fingerprint density at radius 1 is 1.08 bits per heavy atom. The molecule has 0 amide bonds. The molecule has 1 N–H and O–H groups in total. The van der Waals surface area contributed by atoms with Gasteiger partial charge in [0.1, 0.15) is 12.4 Å². The zero-order valence-corrected chi connectivity index (χ0v) is 15.4. The molecule has 3 rings (SSSR count). The molecule has 3 heterocycles. The van der Waals surface area contributed by atoms with Crippen LogP contribution < -0.4 is 4.74 Å². The summed E-state index contributed by atoms with van der Waals surface area (Å²) in [5, 5.41) is 9.94. The molecule has 1 aliphatic heterocycles. The van der Waals surface area contributed by atoms with E-state index in [-0.39, 0.29) is 11.9 Å². The second-order valence-corrected chi connectivity index (χ2v) is 6.70. The first-order valence-corrected chi connectivity index (χ1v) is 9.47. The van der Waals surface area contributed by atoms with Gasteiger partial charge in [-0.15, -0.1) is 0 Å². The normalized spacial score (nSPS) is 17.2. The molecule has 6 heteroatoms. The third-order valence-corrected chi connectivity index (χ3v) is 4.43. The fourth-order valence-electron chi connectivity index (χ4n) is 3.02. The number of aromatic nitrogens is 3. The van der Waals surface area contributed by atoms with Crippen molar-refractivity contribution in [2.75, 3.05) is 13.2 Å². The highest BCUT2D eigenvalue weighted by atomic mass is 16.5. The summed E-state index contributed by atoms with van der Waals surface area (Å²) < 4.78 is 11.4. The topological polar surface area (TPSA) is 77.4 Å². The molecule has 0 aromatic carbocycles. The zero-order chi connectivity index (χ0) is 18.2. The lowest BCUT2D eigenvalue weighted by molar-refractivity contribution is -0.0120. The molecule has 0 saturated carbocycles. The molecule has 0 aliphatic carbocycles. The van der Waals surface area contributed by atoms with Crippen LogP contribution in [-0.2, 0) is 24.0 Å². The number of rotatable bonds is 8. The van der Waals surface area contributed by atoms with Crippen molar-refractivity contribution >= 4 is 0 Å². The van der Waals surface area contributed by atoms with Crippen LogP contribution in [0.1, 0.15) is 49.7 Å². The highest BCUT2D eigenvalue weighted by molar-refractivity contribution is 5.29. The summed E-state index contributed by atoms with van der Waals surface area (Å²) in [7, 11) is 0. The molecule has 6 nitrogen and oxygen atoms in total. The standard InChI is InChI=1S/C20H27N3O3/c1-2-5-16-12-22-17(13-21-16)8-7-15-10-18(24)11-20(23-15)26-14-19-6-3-4-9-25-19/h10-13,19H,2-9,14H2,1H3,(H,23,24). The van der Waals surface area contributed by atoms with Crippen LogP contribution in [0.4, 0.5) is 0 Å². The van der Waals surface area contributed by atoms with Crippen LogP contribution in [0.3, 0.4) is 0 Å². The van der Waals surface area contributed by atoms with Crippen LogP contribution in [-0.4, -0.2) is 39.4 Å². The van der Waals surface area contributed by atoms with Gasteiger partial charge in [-0.2, -0.15) is 0 Å². The quantitative estimate of drug-likeness (QED) is 0.781. The van der Waals surface area contributed by atoms with Crippen molar-refractivity contribution in [2.45, 2.75) is 58.0 Å². The molecule has 1 aliphatic rings. The SMILES string of the molecule is CCCc1cnc(CCc2cc(O)cc(OCC3CCCCO3)n2)cn1. The van der Waals surface area contributed by atoms with E-state index in [4.69, 9.17) is 9.47 Å². The second-order valence-electron chi connectivity index (χ2n) is 6.70. The first-order chi connectivity index (χ1) is 12.7. The average molecular weight is 357 g/mol. The molecular formula is C20H27N3O3. The molecule has 1 atom stereocenters. The van der Waals surface area contributed by atoms with E-state index in [0.29, 0.717) is 18.9 Å². The highest BCUT2D eigenvalue weighted by Gasteiger charge is 2.15. The van der Waals surface area contributed by atoms with Gasteiger partial charge >= 0.3 is 0 Å². The van der Waals surface area contributed by atoms with E-state index in [1.54, 1.807) is 12.1 Å². The lowest BCUT2D eigenvalue weighted by atomic mass is 10.1. The zero-order valence-electron chi connectivity index (χ0n) is 15.4. The lowest BCUT2D eigenvalue weighted by Crippen LogP contribution is -2.26. The third-order valence-electron chi connectivity index (χ3n) is 4.43. The summed E-state index contributed by atoms with van der Waals surface area (Å²) in [6, 6.07) is 3.22. The monoisotopic (exact) mass is 357 g/mol. The maximum absolute atomic E-state index is 9.94. The van der Waals surface area contributed by atoms with Crippen molar-refractivity contribution in [3.05, 3.63) is 41.6 Å². The summed E-state index contributed by atoms with van der Waals surface area (Å²) in [6.45, 7) is 3.40. The third kappa shape index (κ3) is 5.66. The van der Waals surface area contributed by atoms with E-state index in [1.165, 1.54) is 6.42 Å². The van der Waals surface area contributed by atoms with Gasteiger partial charge in [0.2, 0.25) is 5.88 Å². The van der Waals surface area contributed by atoms with Gasteiger partial charge in [0, 0.05) is 36.8 Å². The minimum Gasteiger partial charge on any atom is -0.508 e. The van der Waals surface area contributed by atoms with Crippen LogP contribution in [0.15, 0.2) is 24.5 Å². The number of aromatic hydroxyl groups is 1. The highest BCUT2D eigenvalue weighted by Crippen LogP contribution is 2.20. The van der Waals surface area contributed by atoms with E-state index in [0.717, 1.165) is 55.8 Å². The first-order valence-electron chi connectivity index (χ1n) is 9.47. The summed E-state index contributed by atoms with van der Waals surface area (Å²) in [5.74, 6) is 0.609. The largest absolute Gasteiger partial charge is 0.508 e. The van der Waals surface area contributed by atoms with Crippen molar-refractivity contribution in [2.24, 2.45) is 0 Å². The predicted octanol–water partition coefficient (Wildman–Crippen LogP) is 3.26. The Balaban J connectivity index is 1.54. The fourth-order valence-corrected chi connectivity index (χ4v) is 3.02. The Bertz CT molecular complexity index is 685. The molecular weight excluding hydrogens is 330 g/mol. The number of hydrogen-bond donors (Lipinski definition) is 1. The summed E-state index contributed by atoms with van der Waals surface area (Å²) in [5.41, 5.74) is 2.73. The van der Waals surface area contributed by atoms with E-state index in [9.17, 15) is 5.11 Å². The van der Waals surface area contributed by atoms with E-state index in [2.05, 4.69) is 21.9 Å². The van der Waals surface area contributed by atoms with Crippen LogP contribution in [0, 0.1) is 0 Å². The van der Waals surface area contributed by atoms with E-state index >= 15 is 0 Å². The smallest absolute Gasteiger partial charge is 0.217 e. The Hall–Kier alpha value is -2.21. The second kappa shape index (κ2) is 9.48. The van der Waals surface area contributed by atoms with Crippen molar-refractivity contribution in [1.29, 1.82) is 0 Å². The molecule has 2 aromatic rings. The van der Waals surface area contributed by atoms with Gasteiger partial charge in [0.15, 0.2) is 0 Å². The van der Waals surface area contributed by atoms with E-state index < -0.39 is 0 Å². The fraction of sp³-hybridized carbons (Fsp3) is 0.550. The number of hydrogen-bond acceptors (Lipinski definition) is 6. The van der Waals surface area contributed by atoms with Gasteiger partial charge in [-0.1, -0.05) is 13.3 Å². The van der Waals surface area contributed by atoms with Gasteiger partial charge < -0.3 is 14.6 Å². The van der Waals surface area contributed by atoms with E-state index in [1.807, 2.05) is 12.4 Å². The number of aryl methyl sites for hydroxylation is 3. The Morgan fingerprint density at radius 3 is 2.54 bits per heavy atom. The molecule has 1 fully saturated rings. The molecule has 140 valence electrons. The maximum atomic E-state index is 9.94. The van der Waals surface area contributed by atoms with Crippen molar-refractivity contribution in [3.8, 4) is 11.6 Å². The van der Waals surface area contributed by atoms with Gasteiger partial charge in [0.05, 0.1) is 17.5 Å². The molecule has 0 bridgehead atoms. The molecule has 26 heavy (non-hydrogen) atoms.